The average Bonchev–Trinajstić information content (AvgIpc) is 3.77. The highest BCUT2D eigenvalue weighted by Gasteiger charge is 2.65. The number of carboxylic acids is 1. The Morgan fingerprint density at radius 1 is 1.03 bits per heavy atom. The molecule has 0 spiro atoms. The fraction of sp³-hybridized carbons (Fsp3) is 0.553. The van der Waals surface area contributed by atoms with Crippen LogP contribution in [-0.4, -0.2) is 84.2 Å². The van der Waals surface area contributed by atoms with Crippen LogP contribution >= 0.6 is 11.3 Å². The minimum Gasteiger partial charge on any atom is -0.481 e. The van der Waals surface area contributed by atoms with Crippen molar-refractivity contribution < 1.29 is 20.1 Å². The Morgan fingerprint density at radius 2 is 1.74 bits per heavy atom. The van der Waals surface area contributed by atoms with Crippen LogP contribution in [0.25, 0.3) is 15.8 Å². The van der Waals surface area contributed by atoms with E-state index in [0.29, 0.717) is 41.9 Å². The third-order valence-corrected chi connectivity index (χ3v) is 14.7. The Morgan fingerprint density at radius 3 is 2.43 bits per heavy atom. The lowest BCUT2D eigenvalue weighted by Crippen LogP contribution is -2.60. The summed E-state index contributed by atoms with van der Waals surface area (Å²) in [5, 5.41) is 48.6. The maximum atomic E-state index is 11.1. The lowest BCUT2D eigenvalue weighted by atomic mass is 9.35. The number of amidine groups is 2. The molecule has 328 valence electrons. The number of nitrogens with one attached hydrogen (secondary N) is 2. The summed E-state index contributed by atoms with van der Waals surface area (Å²) in [5.74, 6) is -0.395. The molecule has 2 atom stereocenters. The van der Waals surface area contributed by atoms with E-state index in [0.717, 1.165) is 65.0 Å². The fourth-order valence-corrected chi connectivity index (χ4v) is 13.5. The van der Waals surface area contributed by atoms with E-state index < -0.39 is 11.9 Å². The van der Waals surface area contributed by atoms with Crippen LogP contribution in [0.4, 0.5) is 5.13 Å². The second-order valence-corrected chi connectivity index (χ2v) is 20.2. The summed E-state index contributed by atoms with van der Waals surface area (Å²) in [6.45, 7) is 15.9. The number of dihydropyridines is 1. The lowest BCUT2D eigenvalue weighted by Gasteiger charge is -2.70. The minimum absolute atomic E-state index is 0.117. The standard InChI is InChI=1S/C45H59N9O4S.C2H6/c1-28(38(46)51-41-49-33-11-6-7-12-34(33)59-41)30-10-8-18-53(39(30)47)35-14-13-31(37(50-35)40(57)58)32-20-48-54(29(32)2)27-45-24-42(3)21-43(4,25-45)23-44(22-42,26-45)16-9-17-52(5)19-15-36(55)56;1-2/h6-7,11-14,20,47,50,57-58H,8-10,15-19,21-27H2,1-5H3,(H,55,56)(H2,46,49,51);1-2H3/b30-28-,47-39?;. The Hall–Kier alpha value is -4.95. The van der Waals surface area contributed by atoms with Gasteiger partial charge in [-0.2, -0.15) is 5.10 Å². The zero-order chi connectivity index (χ0) is 43.9. The first-order valence-electron chi connectivity index (χ1n) is 22.0. The normalized spacial score (nSPS) is 28.1. The van der Waals surface area contributed by atoms with Gasteiger partial charge in [-0.05, 0) is 143 Å². The monoisotopic (exact) mass is 851 g/mol. The Kier molecular flexibility index (Phi) is 12.3. The van der Waals surface area contributed by atoms with Crippen LogP contribution in [0.3, 0.4) is 0 Å². The van der Waals surface area contributed by atoms with E-state index in [9.17, 15) is 20.4 Å². The number of thiazole rings is 1. The van der Waals surface area contributed by atoms with Gasteiger partial charge in [-0.1, -0.05) is 51.2 Å². The van der Waals surface area contributed by atoms with Gasteiger partial charge in [-0.3, -0.25) is 14.9 Å². The number of hydrogen-bond donors (Lipinski definition) is 6. The molecule has 4 aliphatic carbocycles. The molecule has 2 aliphatic heterocycles. The summed E-state index contributed by atoms with van der Waals surface area (Å²) >= 11 is 1.47. The Labute approximate surface area is 364 Å². The molecule has 13 nitrogen and oxygen atoms in total. The molecule has 4 heterocycles. The number of likely N-dealkylation sites (tertiary alicyclic amines) is 1. The van der Waals surface area contributed by atoms with Gasteiger partial charge in [0.15, 0.2) is 0 Å². The molecule has 0 amide bonds. The van der Waals surface area contributed by atoms with Crippen LogP contribution in [0, 0.1) is 34.0 Å². The van der Waals surface area contributed by atoms with E-state index in [1.165, 1.54) is 49.9 Å². The fourth-order valence-electron chi connectivity index (χ4n) is 12.6. The van der Waals surface area contributed by atoms with E-state index in [-0.39, 0.29) is 39.6 Å². The predicted molar refractivity (Wildman–Crippen MR) is 245 cm³/mol. The van der Waals surface area contributed by atoms with Crippen molar-refractivity contribution >= 4 is 49.9 Å². The number of fused-ring (bicyclic) bond motifs is 1. The summed E-state index contributed by atoms with van der Waals surface area (Å²) in [6.07, 6.45) is 16.8. The highest BCUT2D eigenvalue weighted by Crippen LogP contribution is 2.75. The molecular formula is C47H65N9O4S. The van der Waals surface area contributed by atoms with Crippen LogP contribution in [0.2, 0.25) is 0 Å². The Bertz CT molecular complexity index is 2300. The van der Waals surface area contributed by atoms with Crippen molar-refractivity contribution in [3.63, 3.8) is 0 Å². The first-order valence-corrected chi connectivity index (χ1v) is 22.8. The molecule has 6 aliphatic rings. The summed E-state index contributed by atoms with van der Waals surface area (Å²) in [5.41, 5.74) is 12.5. The van der Waals surface area contributed by atoms with Crippen LogP contribution in [-0.2, 0) is 11.3 Å². The molecule has 61 heavy (non-hydrogen) atoms. The van der Waals surface area contributed by atoms with Crippen LogP contribution in [0.5, 0.6) is 0 Å². The molecule has 4 saturated carbocycles. The molecule has 2 aromatic heterocycles. The molecule has 3 aromatic rings. The number of hydrogen-bond acceptors (Lipinski definition) is 10. The topological polar surface area (TPSA) is 189 Å². The van der Waals surface area contributed by atoms with Crippen LogP contribution in [0.15, 0.2) is 76.2 Å². The summed E-state index contributed by atoms with van der Waals surface area (Å²) in [7, 11) is 2.03. The number of piperidine rings is 1. The first kappa shape index (κ1) is 44.1. The van der Waals surface area contributed by atoms with Crippen molar-refractivity contribution in [1.82, 2.24) is 29.9 Å². The van der Waals surface area contributed by atoms with Gasteiger partial charge in [0.25, 0.3) is 5.95 Å². The molecule has 7 N–H and O–H groups in total. The molecule has 1 aromatic carbocycles. The molecular weight excluding hydrogens is 787 g/mol. The number of aliphatic imine (C=N–C) groups is 1. The number of rotatable bonds is 13. The van der Waals surface area contributed by atoms with E-state index in [4.69, 9.17) is 15.9 Å². The van der Waals surface area contributed by atoms with Crippen LogP contribution in [0.1, 0.15) is 117 Å². The number of para-hydroxylation sites is 1. The molecule has 4 bridgehead atoms. The highest BCUT2D eigenvalue weighted by atomic mass is 32.1. The number of aliphatic hydroxyl groups excluding tert-OH is 1. The van der Waals surface area contributed by atoms with Crippen LogP contribution < -0.4 is 11.1 Å². The summed E-state index contributed by atoms with van der Waals surface area (Å²) < 4.78 is 3.18. The number of allylic oxidation sites excluding steroid dienone is 3. The maximum Gasteiger partial charge on any atom is 0.304 e. The SMILES string of the molecule is CC.CC(=C1\CCCN(C2=CC=C(c3cnn(CC45CC6(C)CC(C)(CC(CCCN(C)CCC(=O)O)(C6)C4)C5)c3C)C(=C(O)O)N2)C1=N)/C(N)=N\c1nc2ccccc2s1. The average molecular weight is 852 g/mol. The van der Waals surface area contributed by atoms with Crippen molar-refractivity contribution in [3.8, 4) is 0 Å². The van der Waals surface area contributed by atoms with Crippen molar-refractivity contribution in [2.75, 3.05) is 26.7 Å². The van der Waals surface area contributed by atoms with Gasteiger partial charge in [0.1, 0.15) is 23.2 Å². The van der Waals surface area contributed by atoms with Crippen molar-refractivity contribution in [2.45, 2.75) is 119 Å². The zero-order valence-electron chi connectivity index (χ0n) is 37.1. The van der Waals surface area contributed by atoms with Gasteiger partial charge in [-0.15, -0.1) is 0 Å². The number of aliphatic carboxylic acids is 1. The number of aliphatic hydroxyl groups is 2. The van der Waals surface area contributed by atoms with E-state index in [2.05, 4.69) is 45.6 Å². The molecule has 1 saturated heterocycles. The first-order chi connectivity index (χ1) is 29.0. The number of aromatic nitrogens is 3. The molecule has 5 fully saturated rings. The predicted octanol–water partition coefficient (Wildman–Crippen LogP) is 9.57. The van der Waals surface area contributed by atoms with Gasteiger partial charge >= 0.3 is 5.97 Å². The molecule has 9 rings (SSSR count). The largest absolute Gasteiger partial charge is 0.481 e. The van der Waals surface area contributed by atoms with Gasteiger partial charge in [-0.25, -0.2) is 9.98 Å². The maximum absolute atomic E-state index is 11.1. The molecule has 0 radical (unpaired) electrons. The quantitative estimate of drug-likeness (QED) is 0.0549. The Balaban J connectivity index is 0.00000277. The molecule has 14 heteroatoms. The van der Waals surface area contributed by atoms with E-state index in [1.807, 2.05) is 75.3 Å². The highest BCUT2D eigenvalue weighted by molar-refractivity contribution is 7.22. The lowest BCUT2D eigenvalue weighted by molar-refractivity contribution is -0.198. The summed E-state index contributed by atoms with van der Waals surface area (Å²) in [4.78, 5) is 24.4. The number of benzene rings is 1. The third-order valence-electron chi connectivity index (χ3n) is 13.8. The third kappa shape index (κ3) is 9.02. The van der Waals surface area contributed by atoms with E-state index >= 15 is 0 Å². The number of carbonyl (C=O) groups is 1. The van der Waals surface area contributed by atoms with Gasteiger partial charge in [0.05, 0.1) is 22.8 Å². The zero-order valence-corrected chi connectivity index (χ0v) is 37.9. The van der Waals surface area contributed by atoms with Crippen molar-refractivity contribution in [3.05, 3.63) is 82.5 Å². The summed E-state index contributed by atoms with van der Waals surface area (Å²) in [6, 6.07) is 7.87. The van der Waals surface area contributed by atoms with Crippen molar-refractivity contribution in [1.29, 1.82) is 5.41 Å². The van der Waals surface area contributed by atoms with Gasteiger partial charge < -0.3 is 36.2 Å². The van der Waals surface area contributed by atoms with Gasteiger partial charge in [0, 0.05) is 42.0 Å². The second kappa shape index (κ2) is 17.1. The van der Waals surface area contributed by atoms with E-state index in [1.54, 1.807) is 0 Å². The number of nitrogens with two attached hydrogens (primary N) is 1. The minimum atomic E-state index is -0.825. The number of nitrogens with zero attached hydrogens (tertiary/aromatic N) is 6. The van der Waals surface area contributed by atoms with Crippen molar-refractivity contribution in [2.24, 2.45) is 32.4 Å². The smallest absolute Gasteiger partial charge is 0.304 e. The van der Waals surface area contributed by atoms with Gasteiger partial charge in [0.2, 0.25) is 5.13 Å². The second-order valence-electron chi connectivity index (χ2n) is 19.2. The molecule has 2 unspecified atom stereocenters. The number of carboxylic acid groups (broad SMARTS) is 1.